The minimum atomic E-state index is -0.0483. The van der Waals surface area contributed by atoms with E-state index in [4.69, 9.17) is 10.5 Å². The number of nitrogens with zero attached hydrogens (tertiary/aromatic N) is 1. The van der Waals surface area contributed by atoms with E-state index in [-0.39, 0.29) is 5.41 Å². The van der Waals surface area contributed by atoms with Gasteiger partial charge in [-0.3, -0.25) is 4.90 Å². The molecule has 0 saturated heterocycles. The topological polar surface area (TPSA) is 54.3 Å². The Morgan fingerprint density at radius 3 is 2.73 bits per heavy atom. The molecule has 30 heavy (non-hydrogen) atoms. The fraction of sp³-hybridized carbons (Fsp3) is 0.385. The Balaban J connectivity index is 1.37. The van der Waals surface area contributed by atoms with Crippen LogP contribution in [0.25, 0.3) is 16.5 Å². The summed E-state index contributed by atoms with van der Waals surface area (Å²) in [4.78, 5) is 5.96. The van der Waals surface area contributed by atoms with Crippen molar-refractivity contribution >= 4 is 16.5 Å². The zero-order valence-corrected chi connectivity index (χ0v) is 18.4. The summed E-state index contributed by atoms with van der Waals surface area (Å²) in [5, 5.41) is 1.32. The molecule has 5 rings (SSSR count). The van der Waals surface area contributed by atoms with Crippen molar-refractivity contribution in [1.82, 2.24) is 9.88 Å². The molecule has 1 aromatic carbocycles. The average Bonchev–Trinajstić information content (AvgIpc) is 3.27. The number of ether oxygens (including phenoxy) is 1. The average molecular weight is 402 g/mol. The molecule has 0 spiro atoms. The number of H-pyrrole nitrogens is 1. The molecule has 4 heteroatoms. The van der Waals surface area contributed by atoms with Gasteiger partial charge in [0.1, 0.15) is 11.5 Å². The minimum absolute atomic E-state index is 0.0483. The molecule has 156 valence electrons. The lowest BCUT2D eigenvalue weighted by atomic mass is 9.85. The van der Waals surface area contributed by atoms with Gasteiger partial charge < -0.3 is 15.5 Å². The Morgan fingerprint density at radius 2 is 1.97 bits per heavy atom. The monoisotopic (exact) mass is 401 g/mol. The van der Waals surface area contributed by atoms with E-state index in [0.29, 0.717) is 0 Å². The molecule has 0 radical (unpaired) electrons. The number of nitrogens with one attached hydrogen (secondary N) is 1. The molecule has 3 aliphatic rings. The zero-order valence-electron chi connectivity index (χ0n) is 18.4. The standard InChI is InChI=1S/C26H31N3O/c1-16-17(2)30-18(3)21-13-26(4,25(27)24(16)21)15-29-11-9-19(10-12-29)22-14-28-23-8-6-5-7-20(22)23/h5-9,14,28H,10-13,15,27H2,1-4H3. The van der Waals surface area contributed by atoms with E-state index in [1.54, 1.807) is 0 Å². The zero-order chi connectivity index (χ0) is 21.0. The number of benzene rings is 1. The number of allylic oxidation sites excluding steroid dienone is 5. The first-order chi connectivity index (χ1) is 14.4. The Kier molecular flexibility index (Phi) is 4.44. The van der Waals surface area contributed by atoms with Gasteiger partial charge in [0.2, 0.25) is 0 Å². The number of aromatic amines is 1. The van der Waals surface area contributed by atoms with Gasteiger partial charge in [0, 0.05) is 64.6 Å². The van der Waals surface area contributed by atoms with Crippen molar-refractivity contribution in [1.29, 1.82) is 0 Å². The molecule has 2 aliphatic heterocycles. The molecule has 1 aromatic heterocycles. The third-order valence-electron chi connectivity index (χ3n) is 7.22. The predicted octanol–water partition coefficient (Wildman–Crippen LogP) is 5.48. The van der Waals surface area contributed by atoms with E-state index in [1.807, 2.05) is 6.92 Å². The number of para-hydroxylation sites is 1. The van der Waals surface area contributed by atoms with Crippen LogP contribution in [0.1, 0.15) is 46.1 Å². The van der Waals surface area contributed by atoms with E-state index in [1.165, 1.54) is 38.8 Å². The third kappa shape index (κ3) is 2.93. The number of nitrogens with two attached hydrogens (primary N) is 1. The number of rotatable bonds is 3. The highest BCUT2D eigenvalue weighted by Gasteiger charge is 2.42. The Hall–Kier alpha value is -2.72. The van der Waals surface area contributed by atoms with Gasteiger partial charge in [0.05, 0.1) is 0 Å². The highest BCUT2D eigenvalue weighted by molar-refractivity contribution is 5.92. The summed E-state index contributed by atoms with van der Waals surface area (Å²) in [5.41, 5.74) is 15.5. The summed E-state index contributed by atoms with van der Waals surface area (Å²) in [6.45, 7) is 11.6. The van der Waals surface area contributed by atoms with Gasteiger partial charge in [0.25, 0.3) is 0 Å². The maximum atomic E-state index is 6.78. The lowest BCUT2D eigenvalue weighted by molar-refractivity contribution is 0.207. The highest BCUT2D eigenvalue weighted by atomic mass is 16.5. The molecule has 0 fully saturated rings. The van der Waals surface area contributed by atoms with Crippen LogP contribution in [0, 0.1) is 5.41 Å². The Labute approximate surface area is 178 Å². The molecular weight excluding hydrogens is 370 g/mol. The molecule has 3 N–H and O–H groups in total. The molecule has 2 aromatic rings. The second kappa shape index (κ2) is 6.92. The normalized spacial score (nSPS) is 25.1. The van der Waals surface area contributed by atoms with Crippen LogP contribution in [0.3, 0.4) is 0 Å². The van der Waals surface area contributed by atoms with E-state index < -0.39 is 0 Å². The summed E-state index contributed by atoms with van der Waals surface area (Å²) in [6, 6.07) is 8.55. The van der Waals surface area contributed by atoms with Gasteiger partial charge in [-0.15, -0.1) is 0 Å². The van der Waals surface area contributed by atoms with Gasteiger partial charge in [0.15, 0.2) is 0 Å². The predicted molar refractivity (Wildman–Crippen MR) is 123 cm³/mol. The number of fused-ring (bicyclic) bond motifs is 2. The largest absolute Gasteiger partial charge is 0.466 e. The Bertz CT molecular complexity index is 1160. The summed E-state index contributed by atoms with van der Waals surface area (Å²) in [6.07, 6.45) is 6.58. The van der Waals surface area contributed by atoms with Gasteiger partial charge in [-0.25, -0.2) is 0 Å². The van der Waals surface area contributed by atoms with Gasteiger partial charge in [-0.2, -0.15) is 0 Å². The summed E-state index contributed by atoms with van der Waals surface area (Å²) in [5.74, 6) is 1.99. The smallest absolute Gasteiger partial charge is 0.104 e. The maximum Gasteiger partial charge on any atom is 0.104 e. The first kappa shape index (κ1) is 19.3. The van der Waals surface area contributed by atoms with Crippen LogP contribution in [0.5, 0.6) is 0 Å². The molecule has 0 amide bonds. The second-order valence-corrected chi connectivity index (χ2v) is 9.31. The van der Waals surface area contributed by atoms with Crippen LogP contribution < -0.4 is 5.73 Å². The first-order valence-electron chi connectivity index (χ1n) is 10.9. The van der Waals surface area contributed by atoms with Crippen LogP contribution in [0.15, 0.2) is 70.5 Å². The van der Waals surface area contributed by atoms with Crippen molar-refractivity contribution in [2.24, 2.45) is 11.1 Å². The van der Waals surface area contributed by atoms with E-state index in [2.05, 4.69) is 67.2 Å². The molecule has 1 unspecified atom stereocenters. The van der Waals surface area contributed by atoms with Crippen LogP contribution in [0.2, 0.25) is 0 Å². The molecule has 0 saturated carbocycles. The van der Waals surface area contributed by atoms with Crippen LogP contribution in [-0.2, 0) is 4.74 Å². The van der Waals surface area contributed by atoms with Crippen molar-refractivity contribution in [2.45, 2.75) is 40.5 Å². The fourth-order valence-corrected chi connectivity index (χ4v) is 5.38. The second-order valence-electron chi connectivity index (χ2n) is 9.31. The van der Waals surface area contributed by atoms with Crippen LogP contribution >= 0.6 is 0 Å². The van der Waals surface area contributed by atoms with E-state index in [9.17, 15) is 0 Å². The molecule has 4 nitrogen and oxygen atoms in total. The maximum absolute atomic E-state index is 6.78. The number of hydrogen-bond donors (Lipinski definition) is 2. The third-order valence-corrected chi connectivity index (χ3v) is 7.22. The minimum Gasteiger partial charge on any atom is -0.466 e. The lowest BCUT2D eigenvalue weighted by Crippen LogP contribution is -2.40. The number of hydrogen-bond acceptors (Lipinski definition) is 3. The molecule has 0 bridgehead atoms. The lowest BCUT2D eigenvalue weighted by Gasteiger charge is -2.35. The summed E-state index contributed by atoms with van der Waals surface area (Å²) in [7, 11) is 0. The quantitative estimate of drug-likeness (QED) is 0.716. The molecule has 3 heterocycles. The van der Waals surface area contributed by atoms with E-state index in [0.717, 1.165) is 49.7 Å². The fourth-order valence-electron chi connectivity index (χ4n) is 5.38. The van der Waals surface area contributed by atoms with Crippen molar-refractivity contribution in [3.63, 3.8) is 0 Å². The van der Waals surface area contributed by atoms with Gasteiger partial charge >= 0.3 is 0 Å². The SMILES string of the molecule is CC1=C(C)C2=C(N)C(C)(CN3CC=C(c4c[nH]c5ccccc45)CC3)CC2=C(C)O1. The first-order valence-corrected chi connectivity index (χ1v) is 10.9. The molecular formula is C26H31N3O. The Morgan fingerprint density at radius 1 is 1.17 bits per heavy atom. The van der Waals surface area contributed by atoms with Crippen molar-refractivity contribution in [2.75, 3.05) is 19.6 Å². The molecule has 1 aliphatic carbocycles. The van der Waals surface area contributed by atoms with Crippen LogP contribution in [0.4, 0.5) is 0 Å². The van der Waals surface area contributed by atoms with Gasteiger partial charge in [-0.05, 0) is 50.8 Å². The number of aromatic nitrogens is 1. The van der Waals surface area contributed by atoms with Crippen molar-refractivity contribution in [3.05, 3.63) is 76.0 Å². The van der Waals surface area contributed by atoms with Crippen molar-refractivity contribution in [3.8, 4) is 0 Å². The van der Waals surface area contributed by atoms with E-state index >= 15 is 0 Å². The van der Waals surface area contributed by atoms with Crippen molar-refractivity contribution < 1.29 is 4.74 Å². The van der Waals surface area contributed by atoms with Crippen LogP contribution in [-0.4, -0.2) is 29.5 Å². The van der Waals surface area contributed by atoms with Gasteiger partial charge in [-0.1, -0.05) is 31.2 Å². The highest BCUT2D eigenvalue weighted by Crippen LogP contribution is 2.50. The summed E-state index contributed by atoms with van der Waals surface area (Å²) < 4.78 is 5.98. The summed E-state index contributed by atoms with van der Waals surface area (Å²) >= 11 is 0. The molecule has 1 atom stereocenters.